The second kappa shape index (κ2) is 9.95. The van der Waals surface area contributed by atoms with Gasteiger partial charge in [0.2, 0.25) is 0 Å². The Bertz CT molecular complexity index is 1050. The summed E-state index contributed by atoms with van der Waals surface area (Å²) in [5.74, 6) is 12.9. The van der Waals surface area contributed by atoms with Crippen LogP contribution in [0.15, 0.2) is 85.0 Å². The molecule has 0 heterocycles. The van der Waals surface area contributed by atoms with E-state index in [0.29, 0.717) is 5.56 Å². The minimum Gasteiger partial charge on any atom is -0.372 e. The van der Waals surface area contributed by atoms with E-state index in [4.69, 9.17) is 5.73 Å². The minimum absolute atomic E-state index is 0.292. The van der Waals surface area contributed by atoms with Crippen molar-refractivity contribution in [1.29, 1.82) is 0 Å². The first-order chi connectivity index (χ1) is 14.2. The van der Waals surface area contributed by atoms with E-state index in [1.807, 2.05) is 67.6 Å². The molecule has 0 fully saturated rings. The zero-order valence-electron chi connectivity index (χ0n) is 18.2. The maximum atomic E-state index is 9.81. The molecule has 0 radical (unpaired) electrons. The standard InChI is InChI=1S/C28H29NO/c1-6-8-9-25(7-2)27(3,4)21-20-24-14-12-22(13-15-24)10-11-23-16-18-26(19-17-23)28(5,29)30/h6-9,12-19,30H,2,29H2,1,3-5H3/b8-6-,25-9+. The van der Waals surface area contributed by atoms with Gasteiger partial charge in [-0.15, -0.1) is 0 Å². The zero-order valence-corrected chi connectivity index (χ0v) is 18.2. The average molecular weight is 396 g/mol. The summed E-state index contributed by atoms with van der Waals surface area (Å²) < 4.78 is 0. The predicted octanol–water partition coefficient (Wildman–Crippen LogP) is 5.28. The first kappa shape index (κ1) is 23.0. The molecule has 0 aliphatic heterocycles. The van der Waals surface area contributed by atoms with Crippen molar-refractivity contribution in [2.24, 2.45) is 11.1 Å². The van der Waals surface area contributed by atoms with Gasteiger partial charge in [0.15, 0.2) is 0 Å². The third-order valence-electron chi connectivity index (χ3n) is 4.63. The molecule has 3 N–H and O–H groups in total. The van der Waals surface area contributed by atoms with Gasteiger partial charge in [0.25, 0.3) is 0 Å². The molecule has 1 unspecified atom stereocenters. The van der Waals surface area contributed by atoms with Gasteiger partial charge in [-0.25, -0.2) is 0 Å². The summed E-state index contributed by atoms with van der Waals surface area (Å²) in [5, 5.41) is 9.81. The van der Waals surface area contributed by atoms with Crippen molar-refractivity contribution >= 4 is 0 Å². The van der Waals surface area contributed by atoms with Crippen molar-refractivity contribution < 1.29 is 5.11 Å². The summed E-state index contributed by atoms with van der Waals surface area (Å²) in [6.45, 7) is 11.6. The van der Waals surface area contributed by atoms with E-state index in [2.05, 4.69) is 44.1 Å². The quantitative estimate of drug-likeness (QED) is 0.420. The summed E-state index contributed by atoms with van der Waals surface area (Å²) in [7, 11) is 0. The van der Waals surface area contributed by atoms with Crippen LogP contribution in [0.25, 0.3) is 0 Å². The molecule has 0 aromatic heterocycles. The van der Waals surface area contributed by atoms with Gasteiger partial charge in [-0.1, -0.05) is 66.7 Å². The van der Waals surface area contributed by atoms with E-state index in [1.165, 1.54) is 0 Å². The van der Waals surface area contributed by atoms with Gasteiger partial charge in [-0.05, 0) is 75.2 Å². The van der Waals surface area contributed by atoms with E-state index in [1.54, 1.807) is 19.1 Å². The summed E-state index contributed by atoms with van der Waals surface area (Å²) in [6.07, 6.45) is 7.89. The fraction of sp³-hybridized carbons (Fsp3) is 0.214. The second-order valence-corrected chi connectivity index (χ2v) is 7.78. The van der Waals surface area contributed by atoms with Crippen molar-refractivity contribution in [1.82, 2.24) is 0 Å². The number of benzene rings is 2. The summed E-state index contributed by atoms with van der Waals surface area (Å²) in [5.41, 5.74) is 8.49. The lowest BCUT2D eigenvalue weighted by Gasteiger charge is -2.18. The summed E-state index contributed by atoms with van der Waals surface area (Å²) >= 11 is 0. The Morgan fingerprint density at radius 2 is 1.37 bits per heavy atom. The lowest BCUT2D eigenvalue weighted by Crippen LogP contribution is -2.32. The van der Waals surface area contributed by atoms with Crippen LogP contribution in [-0.2, 0) is 5.72 Å². The Hall–Kier alpha value is -3.30. The van der Waals surface area contributed by atoms with E-state index >= 15 is 0 Å². The summed E-state index contributed by atoms with van der Waals surface area (Å²) in [4.78, 5) is 0. The summed E-state index contributed by atoms with van der Waals surface area (Å²) in [6, 6.07) is 15.2. The third-order valence-corrected chi connectivity index (χ3v) is 4.63. The van der Waals surface area contributed by atoms with Crippen molar-refractivity contribution in [3.05, 3.63) is 107 Å². The molecule has 1 atom stereocenters. The van der Waals surface area contributed by atoms with Crippen LogP contribution in [0, 0.1) is 29.1 Å². The third kappa shape index (κ3) is 6.64. The molecule has 0 spiro atoms. The molecule has 2 aromatic rings. The molecular weight excluding hydrogens is 366 g/mol. The molecule has 152 valence electrons. The Labute approximate surface area is 180 Å². The molecule has 2 heteroatoms. The normalized spacial score (nSPS) is 13.6. The lowest BCUT2D eigenvalue weighted by atomic mass is 9.84. The molecule has 0 aliphatic carbocycles. The van der Waals surface area contributed by atoms with Gasteiger partial charge >= 0.3 is 0 Å². The number of hydrogen-bond donors (Lipinski definition) is 2. The van der Waals surface area contributed by atoms with Crippen molar-refractivity contribution in [2.75, 3.05) is 0 Å². The molecule has 2 nitrogen and oxygen atoms in total. The van der Waals surface area contributed by atoms with Gasteiger partial charge < -0.3 is 10.8 Å². The highest BCUT2D eigenvalue weighted by molar-refractivity contribution is 5.47. The molecule has 2 rings (SSSR count). The average Bonchev–Trinajstić information content (AvgIpc) is 2.71. The SMILES string of the molecule is C=C/C(=C\C=C/C)C(C)(C)C#Cc1ccc(C#Cc2ccc(C(C)(N)O)cc2)cc1. The molecule has 2 aromatic carbocycles. The number of rotatable bonds is 4. The minimum atomic E-state index is -1.34. The first-order valence-electron chi connectivity index (χ1n) is 9.88. The van der Waals surface area contributed by atoms with E-state index in [-0.39, 0.29) is 5.41 Å². The van der Waals surface area contributed by atoms with Gasteiger partial charge in [0, 0.05) is 16.7 Å². The van der Waals surface area contributed by atoms with Gasteiger partial charge in [0.1, 0.15) is 5.72 Å². The maximum absolute atomic E-state index is 9.81. The van der Waals surface area contributed by atoms with Crippen LogP contribution in [0.5, 0.6) is 0 Å². The van der Waals surface area contributed by atoms with Gasteiger partial charge in [-0.3, -0.25) is 0 Å². The predicted molar refractivity (Wildman–Crippen MR) is 126 cm³/mol. The van der Waals surface area contributed by atoms with Crippen LogP contribution < -0.4 is 5.73 Å². The Morgan fingerprint density at radius 3 is 1.80 bits per heavy atom. The number of aliphatic hydroxyl groups is 1. The van der Waals surface area contributed by atoms with E-state index in [0.717, 1.165) is 22.3 Å². The van der Waals surface area contributed by atoms with Crippen LogP contribution in [0.1, 0.15) is 49.9 Å². The largest absolute Gasteiger partial charge is 0.372 e. The van der Waals surface area contributed by atoms with Gasteiger partial charge in [-0.2, -0.15) is 0 Å². The zero-order chi connectivity index (χ0) is 22.2. The highest BCUT2D eigenvalue weighted by atomic mass is 16.3. The Kier molecular flexibility index (Phi) is 7.62. The van der Waals surface area contributed by atoms with Crippen molar-refractivity contribution in [3.8, 4) is 23.7 Å². The fourth-order valence-electron chi connectivity index (χ4n) is 2.70. The Balaban J connectivity index is 2.15. The Morgan fingerprint density at radius 1 is 0.900 bits per heavy atom. The van der Waals surface area contributed by atoms with Crippen molar-refractivity contribution in [3.63, 3.8) is 0 Å². The fourth-order valence-corrected chi connectivity index (χ4v) is 2.70. The molecule has 0 saturated heterocycles. The molecular formula is C28H29NO. The molecule has 0 bridgehead atoms. The van der Waals surface area contributed by atoms with Crippen molar-refractivity contribution in [2.45, 2.75) is 33.4 Å². The number of allylic oxidation sites excluding steroid dienone is 5. The molecule has 0 aliphatic rings. The van der Waals surface area contributed by atoms with Crippen LogP contribution in [-0.4, -0.2) is 5.11 Å². The molecule has 30 heavy (non-hydrogen) atoms. The van der Waals surface area contributed by atoms with Crippen LogP contribution in [0.3, 0.4) is 0 Å². The highest BCUT2D eigenvalue weighted by Crippen LogP contribution is 2.26. The molecule has 0 saturated carbocycles. The number of hydrogen-bond acceptors (Lipinski definition) is 2. The first-order valence-corrected chi connectivity index (χ1v) is 9.88. The van der Waals surface area contributed by atoms with Crippen LogP contribution in [0.4, 0.5) is 0 Å². The molecule has 0 amide bonds. The van der Waals surface area contributed by atoms with E-state index < -0.39 is 5.72 Å². The monoisotopic (exact) mass is 395 g/mol. The van der Waals surface area contributed by atoms with Gasteiger partial charge in [0.05, 0.1) is 5.41 Å². The highest BCUT2D eigenvalue weighted by Gasteiger charge is 2.17. The van der Waals surface area contributed by atoms with E-state index in [9.17, 15) is 5.11 Å². The van der Waals surface area contributed by atoms with Crippen LogP contribution in [0.2, 0.25) is 0 Å². The van der Waals surface area contributed by atoms with Crippen LogP contribution >= 0.6 is 0 Å². The maximum Gasteiger partial charge on any atom is 0.136 e. The number of nitrogens with two attached hydrogens (primary N) is 1. The smallest absolute Gasteiger partial charge is 0.136 e. The lowest BCUT2D eigenvalue weighted by molar-refractivity contribution is 0.0647. The second-order valence-electron chi connectivity index (χ2n) is 7.78. The topological polar surface area (TPSA) is 46.2 Å².